The monoisotopic (exact) mass is 267 g/mol. The molecule has 1 heterocycles. The fourth-order valence-electron chi connectivity index (χ4n) is 3.17. The van der Waals surface area contributed by atoms with Crippen molar-refractivity contribution in [1.82, 2.24) is 4.90 Å². The summed E-state index contributed by atoms with van der Waals surface area (Å²) in [5, 5.41) is 2.20. The summed E-state index contributed by atoms with van der Waals surface area (Å²) >= 11 is 0. The molecule has 0 atom stereocenters. The maximum atomic E-state index is 13.0. The third-order valence-corrected chi connectivity index (χ3v) is 4.49. The molecule has 0 bridgehead atoms. The van der Waals surface area contributed by atoms with Gasteiger partial charge in [0.2, 0.25) is 0 Å². The van der Waals surface area contributed by atoms with Gasteiger partial charge >= 0.3 is 0 Å². The Kier molecular flexibility index (Phi) is 3.35. The molecule has 0 unspecified atom stereocenters. The molecule has 1 aliphatic heterocycles. The summed E-state index contributed by atoms with van der Waals surface area (Å²) in [6, 6.07) is 14.1. The number of hydrogen-bond donors (Lipinski definition) is 0. The summed E-state index contributed by atoms with van der Waals surface area (Å²) in [4.78, 5) is 15.3. The van der Waals surface area contributed by atoms with Crippen molar-refractivity contribution >= 4 is 16.6 Å². The molecular weight excluding hydrogens is 246 g/mol. The second-order valence-electron chi connectivity index (χ2n) is 6.11. The van der Waals surface area contributed by atoms with Gasteiger partial charge in [-0.1, -0.05) is 42.5 Å². The Hall–Kier alpha value is -1.67. The van der Waals surface area contributed by atoms with Gasteiger partial charge in [-0.2, -0.15) is 0 Å². The molecule has 2 aromatic rings. The number of fused-ring (bicyclic) bond motifs is 1. The van der Waals surface area contributed by atoms with Gasteiger partial charge in [0.15, 0.2) is 5.78 Å². The zero-order chi connectivity index (χ0) is 14.2. The topological polar surface area (TPSA) is 20.3 Å². The maximum absolute atomic E-state index is 13.0. The van der Waals surface area contributed by atoms with Gasteiger partial charge in [-0.15, -0.1) is 0 Å². The lowest BCUT2D eigenvalue weighted by Crippen LogP contribution is -2.48. The van der Waals surface area contributed by atoms with Crippen LogP contribution in [0.4, 0.5) is 0 Å². The summed E-state index contributed by atoms with van der Waals surface area (Å²) < 4.78 is 0. The van der Waals surface area contributed by atoms with E-state index in [0.717, 1.165) is 29.4 Å². The minimum atomic E-state index is -0.416. The molecule has 0 amide bonds. The molecule has 2 nitrogen and oxygen atoms in total. The zero-order valence-electron chi connectivity index (χ0n) is 12.2. The van der Waals surface area contributed by atoms with E-state index in [1.54, 1.807) is 0 Å². The third-order valence-electron chi connectivity index (χ3n) is 4.49. The molecule has 1 fully saturated rings. The van der Waals surface area contributed by atoms with Crippen LogP contribution in [0.25, 0.3) is 10.8 Å². The molecule has 0 radical (unpaired) electrons. The zero-order valence-corrected chi connectivity index (χ0v) is 12.2. The second-order valence-corrected chi connectivity index (χ2v) is 6.11. The molecular formula is C18H21NO. The molecule has 0 N–H and O–H groups in total. The fraction of sp³-hybridized carbons (Fsp3) is 0.389. The normalized spacial score (nSPS) is 16.7. The molecule has 0 aromatic heterocycles. The number of ketones is 1. The summed E-state index contributed by atoms with van der Waals surface area (Å²) in [5.41, 5.74) is 0.431. The van der Waals surface area contributed by atoms with E-state index in [1.165, 1.54) is 12.8 Å². The van der Waals surface area contributed by atoms with Gasteiger partial charge in [0.1, 0.15) is 0 Å². The highest BCUT2D eigenvalue weighted by Crippen LogP contribution is 2.28. The van der Waals surface area contributed by atoms with E-state index in [4.69, 9.17) is 0 Å². The number of Topliss-reactive ketones (excluding diaryl/α,β-unsaturated/α-hetero) is 1. The number of hydrogen-bond acceptors (Lipinski definition) is 2. The summed E-state index contributed by atoms with van der Waals surface area (Å²) in [6.45, 7) is 6.18. The highest BCUT2D eigenvalue weighted by Gasteiger charge is 2.36. The summed E-state index contributed by atoms with van der Waals surface area (Å²) in [6.07, 6.45) is 2.40. The van der Waals surface area contributed by atoms with Crippen LogP contribution < -0.4 is 0 Å². The number of carbonyl (C=O) groups is 1. The average Bonchev–Trinajstić information content (AvgIpc) is 3.01. The fourth-order valence-corrected chi connectivity index (χ4v) is 3.17. The highest BCUT2D eigenvalue weighted by atomic mass is 16.1. The minimum Gasteiger partial charge on any atom is -0.292 e. The lowest BCUT2D eigenvalue weighted by molar-refractivity contribution is 0.0704. The lowest BCUT2D eigenvalue weighted by atomic mass is 9.89. The van der Waals surface area contributed by atoms with Crippen LogP contribution in [0.3, 0.4) is 0 Å². The lowest BCUT2D eigenvalue weighted by Gasteiger charge is -2.34. The van der Waals surface area contributed by atoms with E-state index in [1.807, 2.05) is 30.3 Å². The van der Waals surface area contributed by atoms with Crippen molar-refractivity contribution in [3.05, 3.63) is 48.0 Å². The van der Waals surface area contributed by atoms with Crippen molar-refractivity contribution in [2.45, 2.75) is 32.2 Å². The van der Waals surface area contributed by atoms with E-state index in [9.17, 15) is 4.79 Å². The molecule has 1 saturated heterocycles. The number of nitrogens with zero attached hydrogens (tertiary/aromatic N) is 1. The van der Waals surface area contributed by atoms with Gasteiger partial charge in [-0.3, -0.25) is 9.69 Å². The summed E-state index contributed by atoms with van der Waals surface area (Å²) in [7, 11) is 0. The second kappa shape index (κ2) is 5.02. The quantitative estimate of drug-likeness (QED) is 0.786. The van der Waals surface area contributed by atoms with Crippen LogP contribution in [-0.4, -0.2) is 29.3 Å². The Bertz CT molecular complexity index is 633. The molecule has 0 spiro atoms. The number of rotatable bonds is 3. The van der Waals surface area contributed by atoms with E-state index < -0.39 is 5.54 Å². The standard InChI is InChI=1S/C18H21NO/c1-18(2,19-12-5-6-13-19)17(20)16-11-7-9-14-8-3-4-10-15(14)16/h3-4,7-11H,5-6,12-13H2,1-2H3. The molecule has 0 aliphatic carbocycles. The summed E-state index contributed by atoms with van der Waals surface area (Å²) in [5.74, 6) is 0.233. The molecule has 2 heteroatoms. The largest absolute Gasteiger partial charge is 0.292 e. The predicted molar refractivity (Wildman–Crippen MR) is 83.2 cm³/mol. The van der Waals surface area contributed by atoms with Crippen molar-refractivity contribution in [2.75, 3.05) is 13.1 Å². The Morgan fingerprint density at radius 3 is 2.40 bits per heavy atom. The van der Waals surface area contributed by atoms with Gasteiger partial charge in [0.05, 0.1) is 5.54 Å². The van der Waals surface area contributed by atoms with Gasteiger partial charge in [-0.25, -0.2) is 0 Å². The average molecular weight is 267 g/mol. The number of likely N-dealkylation sites (tertiary alicyclic amines) is 1. The Labute approximate surface area is 120 Å². The predicted octanol–water partition coefficient (Wildman–Crippen LogP) is 3.90. The van der Waals surface area contributed by atoms with Crippen molar-refractivity contribution in [3.8, 4) is 0 Å². The number of carbonyl (C=O) groups excluding carboxylic acids is 1. The third kappa shape index (κ3) is 2.14. The highest BCUT2D eigenvalue weighted by molar-refractivity contribution is 6.12. The van der Waals surface area contributed by atoms with Crippen molar-refractivity contribution in [3.63, 3.8) is 0 Å². The maximum Gasteiger partial charge on any atom is 0.183 e. The molecule has 3 rings (SSSR count). The molecule has 0 saturated carbocycles. The molecule has 2 aromatic carbocycles. The SMILES string of the molecule is CC(C)(C(=O)c1cccc2ccccc12)N1CCCC1. The van der Waals surface area contributed by atoms with Gasteiger partial charge in [0, 0.05) is 5.56 Å². The van der Waals surface area contributed by atoms with Crippen LogP contribution >= 0.6 is 0 Å². The van der Waals surface area contributed by atoms with Gasteiger partial charge in [-0.05, 0) is 50.6 Å². The molecule has 1 aliphatic rings. The van der Waals surface area contributed by atoms with Crippen molar-refractivity contribution < 1.29 is 4.79 Å². The van der Waals surface area contributed by atoms with E-state index in [-0.39, 0.29) is 5.78 Å². The molecule has 20 heavy (non-hydrogen) atoms. The van der Waals surface area contributed by atoms with Crippen LogP contribution in [0, 0.1) is 0 Å². The number of benzene rings is 2. The Balaban J connectivity index is 2.04. The van der Waals surface area contributed by atoms with Crippen LogP contribution in [0.1, 0.15) is 37.0 Å². The van der Waals surface area contributed by atoms with Crippen LogP contribution in [0.15, 0.2) is 42.5 Å². The van der Waals surface area contributed by atoms with Gasteiger partial charge < -0.3 is 0 Å². The first kappa shape index (κ1) is 13.3. The first-order valence-corrected chi connectivity index (χ1v) is 7.38. The Morgan fingerprint density at radius 1 is 1.00 bits per heavy atom. The Morgan fingerprint density at radius 2 is 1.65 bits per heavy atom. The van der Waals surface area contributed by atoms with Crippen LogP contribution in [-0.2, 0) is 0 Å². The van der Waals surface area contributed by atoms with Gasteiger partial charge in [0.25, 0.3) is 0 Å². The van der Waals surface area contributed by atoms with Crippen molar-refractivity contribution in [1.29, 1.82) is 0 Å². The molecule has 104 valence electrons. The smallest absolute Gasteiger partial charge is 0.183 e. The first-order valence-electron chi connectivity index (χ1n) is 7.38. The van der Waals surface area contributed by atoms with E-state index >= 15 is 0 Å². The van der Waals surface area contributed by atoms with E-state index in [0.29, 0.717) is 0 Å². The minimum absolute atomic E-state index is 0.233. The van der Waals surface area contributed by atoms with Crippen LogP contribution in [0.5, 0.6) is 0 Å². The van der Waals surface area contributed by atoms with Crippen molar-refractivity contribution in [2.24, 2.45) is 0 Å². The van der Waals surface area contributed by atoms with Crippen LogP contribution in [0.2, 0.25) is 0 Å². The van der Waals surface area contributed by atoms with E-state index in [2.05, 4.69) is 30.9 Å². The first-order chi connectivity index (χ1) is 9.60.